The predicted octanol–water partition coefficient (Wildman–Crippen LogP) is 3.56. The molecule has 12 unspecified atom stereocenters. The molecule has 62 heavy (non-hydrogen) atoms. The summed E-state index contributed by atoms with van der Waals surface area (Å²) >= 11 is 0. The minimum absolute atomic E-state index is 0.00901. The Morgan fingerprint density at radius 1 is 0.968 bits per heavy atom. The first kappa shape index (κ1) is 49.3. The van der Waals surface area contributed by atoms with Crippen LogP contribution >= 0.6 is 0 Å². The lowest BCUT2D eigenvalue weighted by Gasteiger charge is -2.54. The van der Waals surface area contributed by atoms with Gasteiger partial charge in [0.2, 0.25) is 5.79 Å². The molecule has 0 amide bonds. The van der Waals surface area contributed by atoms with Crippen LogP contribution in [0.4, 0.5) is 0 Å². The van der Waals surface area contributed by atoms with Gasteiger partial charge in [0, 0.05) is 55.2 Å². The Labute approximate surface area is 363 Å². The number of aliphatic hydroxyl groups is 4. The van der Waals surface area contributed by atoms with Gasteiger partial charge in [0.05, 0.1) is 54.9 Å². The highest BCUT2D eigenvalue weighted by atomic mass is 16.7. The summed E-state index contributed by atoms with van der Waals surface area (Å²) in [4.78, 5) is 65.4. The van der Waals surface area contributed by atoms with Crippen LogP contribution in [0.2, 0.25) is 0 Å². The number of cyclic esters (lactones) is 1. The lowest BCUT2D eigenvalue weighted by molar-refractivity contribution is -0.349. The van der Waals surface area contributed by atoms with E-state index in [2.05, 4.69) is 0 Å². The molecule has 0 saturated carbocycles. The van der Waals surface area contributed by atoms with E-state index in [9.17, 15) is 44.4 Å². The number of fused-ring (bicyclic) bond motifs is 8. The molecule has 12 atom stereocenters. The van der Waals surface area contributed by atoms with Crippen molar-refractivity contribution in [3.8, 4) is 0 Å². The molecule has 0 spiro atoms. The molecule has 5 aliphatic heterocycles. The van der Waals surface area contributed by atoms with Gasteiger partial charge in [0.25, 0.3) is 0 Å². The number of hydrogen-bond donors (Lipinski definition) is 4. The summed E-state index contributed by atoms with van der Waals surface area (Å²) in [5, 5.41) is 47.6. The second kappa shape index (κ2) is 18.8. The zero-order valence-electron chi connectivity index (χ0n) is 37.5. The van der Waals surface area contributed by atoms with Crippen molar-refractivity contribution in [2.45, 2.75) is 193 Å². The van der Waals surface area contributed by atoms with Crippen molar-refractivity contribution < 1.29 is 82.3 Å². The van der Waals surface area contributed by atoms with Gasteiger partial charge in [0.1, 0.15) is 18.3 Å². The summed E-state index contributed by atoms with van der Waals surface area (Å²) in [6, 6.07) is 0. The Morgan fingerprint density at radius 3 is 2.29 bits per heavy atom. The summed E-state index contributed by atoms with van der Waals surface area (Å²) in [5.41, 5.74) is -2.92. The van der Waals surface area contributed by atoms with Crippen molar-refractivity contribution in [3.05, 3.63) is 35.5 Å². The molecule has 5 heterocycles. The summed E-state index contributed by atoms with van der Waals surface area (Å²) in [6.07, 6.45) is -6.22. The monoisotopic (exact) mass is 878 g/mol. The Hall–Kier alpha value is -3.71. The summed E-state index contributed by atoms with van der Waals surface area (Å²) in [5.74, 6) is -7.99. The van der Waals surface area contributed by atoms with E-state index in [1.54, 1.807) is 67.5 Å². The lowest BCUT2D eigenvalue weighted by atomic mass is 9.70. The maximum atomic E-state index is 13.5. The quantitative estimate of drug-likeness (QED) is 0.129. The highest BCUT2D eigenvalue weighted by Crippen LogP contribution is 2.51. The van der Waals surface area contributed by atoms with Crippen molar-refractivity contribution in [1.29, 1.82) is 0 Å². The van der Waals surface area contributed by atoms with Crippen LogP contribution in [0.1, 0.15) is 120 Å². The molecule has 0 aliphatic carbocycles. The number of aliphatic hydroxyl groups excluding tert-OH is 2. The summed E-state index contributed by atoms with van der Waals surface area (Å²) < 4.78 is 47.7. The first-order valence-corrected chi connectivity index (χ1v) is 21.5. The first-order valence-electron chi connectivity index (χ1n) is 21.5. The Kier molecular flexibility index (Phi) is 14.9. The second-order valence-corrected chi connectivity index (χ2v) is 19.5. The zero-order chi connectivity index (χ0) is 46.2. The van der Waals surface area contributed by atoms with Gasteiger partial charge in [-0.25, -0.2) is 9.59 Å². The van der Waals surface area contributed by atoms with Crippen LogP contribution < -0.4 is 0 Å². The average Bonchev–Trinajstić information content (AvgIpc) is 3.54. The van der Waals surface area contributed by atoms with E-state index in [1.165, 1.54) is 20.1 Å². The number of carbonyl (C=O) groups excluding carboxylic acids is 5. The minimum atomic E-state index is -2.42. The van der Waals surface area contributed by atoms with Crippen LogP contribution in [0.3, 0.4) is 0 Å². The predicted molar refractivity (Wildman–Crippen MR) is 217 cm³/mol. The number of hydrogen-bond acceptors (Lipinski definition) is 17. The molecule has 0 aromatic heterocycles. The molecule has 0 aromatic carbocycles. The maximum Gasteiger partial charge on any atom is 0.331 e. The third-order valence-corrected chi connectivity index (χ3v) is 12.6. The third-order valence-electron chi connectivity index (χ3n) is 12.6. The topological polar surface area (TPSA) is 240 Å². The Morgan fingerprint density at radius 2 is 1.66 bits per heavy atom. The molecular weight excluding hydrogens is 812 g/mol. The van der Waals surface area contributed by atoms with Crippen molar-refractivity contribution in [1.82, 2.24) is 0 Å². The largest absolute Gasteiger partial charge is 0.466 e. The number of ether oxygens (including phenoxy) is 8. The molecule has 5 aliphatic rings. The van der Waals surface area contributed by atoms with E-state index in [4.69, 9.17) is 37.9 Å². The van der Waals surface area contributed by atoms with Crippen LogP contribution in [0.25, 0.3) is 0 Å². The van der Waals surface area contributed by atoms with E-state index in [0.717, 1.165) is 6.08 Å². The molecule has 6 bridgehead atoms. The highest BCUT2D eigenvalue weighted by molar-refractivity contribution is 5.87. The highest BCUT2D eigenvalue weighted by Gasteiger charge is 2.63. The van der Waals surface area contributed by atoms with E-state index in [1.807, 2.05) is 0 Å². The molecule has 0 aromatic rings. The Balaban J connectivity index is 1.63. The Bertz CT molecular complexity index is 1790. The summed E-state index contributed by atoms with van der Waals surface area (Å²) in [7, 11) is 1.25. The fourth-order valence-electron chi connectivity index (χ4n) is 8.66. The normalized spacial score (nSPS) is 37.4. The van der Waals surface area contributed by atoms with E-state index < -0.39 is 125 Å². The van der Waals surface area contributed by atoms with Gasteiger partial charge in [-0.05, 0) is 47.0 Å². The number of carbonyl (C=O) groups is 5. The third kappa shape index (κ3) is 10.8. The molecule has 17 heteroatoms. The average molecular weight is 879 g/mol. The lowest BCUT2D eigenvalue weighted by Crippen LogP contribution is -2.65. The van der Waals surface area contributed by atoms with Crippen molar-refractivity contribution in [3.63, 3.8) is 0 Å². The molecule has 5 rings (SSSR count). The molecule has 3 saturated heterocycles. The van der Waals surface area contributed by atoms with Gasteiger partial charge < -0.3 is 58.3 Å². The number of esters is 5. The standard InChI is InChI=1S/C45H66O17/c1-11-12-34(48)60-39-30-21-37(51)59-38(30)32-22-31(24(2)46)57-36(50)19-26(47)18-28-20-33(58-40(52)41(3,4)5)43(8,9)44(53,61-28)23-29-16-25(17-35(49)55-10)15-27(56-29)13-14-42(6,7)45(39,54)62-32/h13-14,17,21,24,26-29,31-33,38-39,46-47,53-54H,11-12,15-16,18-20,22-23H2,1-10H3. The smallest absolute Gasteiger partial charge is 0.331 e. The second-order valence-electron chi connectivity index (χ2n) is 19.5. The van der Waals surface area contributed by atoms with Crippen LogP contribution in [0.5, 0.6) is 0 Å². The number of methoxy groups -OCH3 is 1. The van der Waals surface area contributed by atoms with Crippen LogP contribution in [0.15, 0.2) is 35.5 Å². The van der Waals surface area contributed by atoms with Crippen molar-refractivity contribution in [2.75, 3.05) is 7.11 Å². The van der Waals surface area contributed by atoms with E-state index in [-0.39, 0.29) is 50.5 Å². The molecular formula is C45H66O17. The van der Waals surface area contributed by atoms with Crippen molar-refractivity contribution >= 4 is 29.8 Å². The van der Waals surface area contributed by atoms with Gasteiger partial charge in [-0.3, -0.25) is 14.4 Å². The van der Waals surface area contributed by atoms with Crippen molar-refractivity contribution in [2.24, 2.45) is 16.2 Å². The molecule has 17 nitrogen and oxygen atoms in total. The fourth-order valence-corrected chi connectivity index (χ4v) is 8.66. The van der Waals surface area contributed by atoms with Gasteiger partial charge >= 0.3 is 29.8 Å². The minimum Gasteiger partial charge on any atom is -0.466 e. The van der Waals surface area contributed by atoms with Gasteiger partial charge in [-0.2, -0.15) is 0 Å². The number of rotatable bonds is 6. The first-order chi connectivity index (χ1) is 28.7. The molecule has 348 valence electrons. The van der Waals surface area contributed by atoms with Gasteiger partial charge in [0.15, 0.2) is 18.0 Å². The molecule has 3 fully saturated rings. The van der Waals surface area contributed by atoms with E-state index in [0.29, 0.717) is 12.0 Å². The van der Waals surface area contributed by atoms with Crippen LogP contribution in [0, 0.1) is 16.2 Å². The van der Waals surface area contributed by atoms with Gasteiger partial charge in [-0.15, -0.1) is 0 Å². The maximum absolute atomic E-state index is 13.5. The SMILES string of the molecule is CCCC(=O)OC1C2=CC(=O)OC2C2CC(C(C)O)OC(=O)CC(O)CC3CC(OC(=O)C(C)(C)C)C(C)(C)C(O)(CC4CC(=CC(=O)OC)CC(C=CC(C)(C)C1(O)O2)O4)O3. The van der Waals surface area contributed by atoms with Crippen LogP contribution in [-0.4, -0.2) is 130 Å². The van der Waals surface area contributed by atoms with Crippen LogP contribution in [-0.2, 0) is 61.9 Å². The fraction of sp³-hybridized carbons (Fsp3) is 0.756. The zero-order valence-corrected chi connectivity index (χ0v) is 37.5. The molecule has 4 N–H and O–H groups in total. The van der Waals surface area contributed by atoms with Gasteiger partial charge in [-0.1, -0.05) is 52.3 Å². The molecule has 0 radical (unpaired) electrons. The summed E-state index contributed by atoms with van der Waals surface area (Å²) in [6.45, 7) is 14.9. The van der Waals surface area contributed by atoms with E-state index >= 15 is 0 Å².